The minimum absolute atomic E-state index is 0.284. The lowest BCUT2D eigenvalue weighted by molar-refractivity contribution is 0.0525. The van der Waals surface area contributed by atoms with Gasteiger partial charge in [-0.15, -0.1) is 0 Å². The third-order valence-electron chi connectivity index (χ3n) is 3.63. The zero-order valence-electron chi connectivity index (χ0n) is 12.9. The zero-order valence-corrected chi connectivity index (χ0v) is 13.8. The third kappa shape index (κ3) is 2.99. The fraction of sp³-hybridized carbons (Fsp3) is 0.467. The lowest BCUT2D eigenvalue weighted by Crippen LogP contribution is -2.37. The van der Waals surface area contributed by atoms with Gasteiger partial charge in [-0.25, -0.2) is 4.79 Å². The number of carbonyl (C=O) groups is 1. The predicted octanol–water partition coefficient (Wildman–Crippen LogP) is 2.47. The average Bonchev–Trinajstić information content (AvgIpc) is 3.25. The van der Waals surface area contributed by atoms with Gasteiger partial charge in [-0.05, 0) is 39.2 Å². The van der Waals surface area contributed by atoms with Crippen molar-refractivity contribution in [1.82, 2.24) is 15.8 Å². The molecule has 0 spiro atoms. The van der Waals surface area contributed by atoms with Gasteiger partial charge < -0.3 is 9.72 Å². The van der Waals surface area contributed by atoms with Crippen LogP contribution in [0.2, 0.25) is 0 Å². The van der Waals surface area contributed by atoms with E-state index in [1.807, 2.05) is 26.2 Å². The van der Waals surface area contributed by atoms with Crippen LogP contribution in [0.15, 0.2) is 10.4 Å². The number of rotatable bonds is 4. The highest BCUT2D eigenvalue weighted by atomic mass is 32.2. The molecule has 0 atom stereocenters. The van der Waals surface area contributed by atoms with Gasteiger partial charge in [0.25, 0.3) is 0 Å². The minimum Gasteiger partial charge on any atom is -0.462 e. The molecule has 1 aromatic heterocycles. The van der Waals surface area contributed by atoms with Crippen molar-refractivity contribution in [2.75, 3.05) is 6.61 Å². The topological polar surface area (TPSA) is 78.5 Å². The second-order valence-corrected chi connectivity index (χ2v) is 6.27. The Hall–Kier alpha value is -1.89. The molecule has 1 fully saturated rings. The highest BCUT2D eigenvalue weighted by Gasteiger charge is 2.24. The molecular weight excluding hydrogens is 300 g/mol. The van der Waals surface area contributed by atoms with Crippen LogP contribution in [-0.2, 0) is 4.74 Å². The zero-order chi connectivity index (χ0) is 15.7. The highest BCUT2D eigenvalue weighted by molar-refractivity contribution is 8.16. The monoisotopic (exact) mass is 320 g/mol. The number of hydrogen-bond acceptors (Lipinski definition) is 5. The molecule has 0 saturated heterocycles. The summed E-state index contributed by atoms with van der Waals surface area (Å²) in [7, 11) is 0. The second-order valence-electron chi connectivity index (χ2n) is 5.41. The maximum Gasteiger partial charge on any atom is 0.340 e. The molecule has 2 heterocycles. The standard InChI is InChI=1S/C15H20N4O2S/c1-4-21-14(20)12-8(2)13(16-9(12)3)11-7-22-15(19-18-11)17-10-5-6-10/h7,10,16,18H,4-6H2,1-3H3,(H,17,19). The number of esters is 1. The lowest BCUT2D eigenvalue weighted by atomic mass is 10.1. The molecule has 118 valence electrons. The maximum absolute atomic E-state index is 12.0. The van der Waals surface area contributed by atoms with E-state index in [-0.39, 0.29) is 5.97 Å². The first kappa shape index (κ1) is 15.0. The molecule has 0 radical (unpaired) electrons. The summed E-state index contributed by atoms with van der Waals surface area (Å²) in [5.74, 6) is -0.284. The molecule has 22 heavy (non-hydrogen) atoms. The van der Waals surface area contributed by atoms with Crippen LogP contribution in [0.1, 0.15) is 47.1 Å². The van der Waals surface area contributed by atoms with Gasteiger partial charge in [-0.3, -0.25) is 15.8 Å². The Morgan fingerprint density at radius 3 is 2.77 bits per heavy atom. The van der Waals surface area contributed by atoms with Crippen molar-refractivity contribution in [2.24, 2.45) is 4.99 Å². The molecule has 3 rings (SSSR count). The smallest absolute Gasteiger partial charge is 0.340 e. The number of thioether (sulfide) groups is 1. The summed E-state index contributed by atoms with van der Waals surface area (Å²) >= 11 is 1.56. The van der Waals surface area contributed by atoms with Crippen LogP contribution in [0.5, 0.6) is 0 Å². The third-order valence-corrected chi connectivity index (χ3v) is 4.41. The number of nitrogens with one attached hydrogen (secondary N) is 3. The first-order chi connectivity index (χ1) is 10.6. The lowest BCUT2D eigenvalue weighted by Gasteiger charge is -2.18. The summed E-state index contributed by atoms with van der Waals surface area (Å²) in [5, 5.41) is 2.89. The average molecular weight is 320 g/mol. The van der Waals surface area contributed by atoms with Crippen LogP contribution < -0.4 is 10.9 Å². The Bertz CT molecular complexity index is 659. The molecule has 0 bridgehead atoms. The van der Waals surface area contributed by atoms with Crippen LogP contribution in [0.25, 0.3) is 5.70 Å². The van der Waals surface area contributed by atoms with Crippen molar-refractivity contribution < 1.29 is 9.53 Å². The molecule has 7 heteroatoms. The van der Waals surface area contributed by atoms with E-state index in [4.69, 9.17) is 4.74 Å². The van der Waals surface area contributed by atoms with Crippen molar-refractivity contribution in [2.45, 2.75) is 39.7 Å². The molecule has 1 aliphatic carbocycles. The molecule has 0 unspecified atom stereocenters. The summed E-state index contributed by atoms with van der Waals surface area (Å²) in [6.07, 6.45) is 2.36. The number of aromatic nitrogens is 1. The molecular formula is C15H20N4O2S. The van der Waals surface area contributed by atoms with Crippen LogP contribution in [0.3, 0.4) is 0 Å². The summed E-state index contributed by atoms with van der Waals surface area (Å²) in [6, 6.07) is 0.483. The number of nitrogens with zero attached hydrogens (tertiary/aromatic N) is 1. The van der Waals surface area contributed by atoms with Gasteiger partial charge in [-0.2, -0.15) is 0 Å². The number of aromatic amines is 1. The molecule has 3 N–H and O–H groups in total. The fourth-order valence-electron chi connectivity index (χ4n) is 2.38. The van der Waals surface area contributed by atoms with Crippen LogP contribution in [0.4, 0.5) is 0 Å². The van der Waals surface area contributed by atoms with Crippen molar-refractivity contribution in [1.29, 1.82) is 0 Å². The number of ether oxygens (including phenoxy) is 1. The predicted molar refractivity (Wildman–Crippen MR) is 88.5 cm³/mol. The van der Waals surface area contributed by atoms with E-state index in [9.17, 15) is 4.79 Å². The van der Waals surface area contributed by atoms with Crippen LogP contribution in [-0.4, -0.2) is 28.8 Å². The quantitative estimate of drug-likeness (QED) is 0.743. The van der Waals surface area contributed by atoms with E-state index in [2.05, 4.69) is 20.8 Å². The number of hydrazine groups is 1. The van der Waals surface area contributed by atoms with E-state index in [0.29, 0.717) is 18.2 Å². The first-order valence-corrected chi connectivity index (χ1v) is 8.31. The fourth-order valence-corrected chi connectivity index (χ4v) is 3.10. The van der Waals surface area contributed by atoms with Crippen molar-refractivity contribution in [3.63, 3.8) is 0 Å². The highest BCUT2D eigenvalue weighted by Crippen LogP contribution is 2.29. The second kappa shape index (κ2) is 6.08. The van der Waals surface area contributed by atoms with Gasteiger partial charge in [0.2, 0.25) is 0 Å². The summed E-state index contributed by atoms with van der Waals surface area (Å²) < 4.78 is 5.12. The van der Waals surface area contributed by atoms with E-state index < -0.39 is 0 Å². The van der Waals surface area contributed by atoms with E-state index >= 15 is 0 Å². The largest absolute Gasteiger partial charge is 0.462 e. The molecule has 1 saturated carbocycles. The number of aryl methyl sites for hydroxylation is 1. The summed E-state index contributed by atoms with van der Waals surface area (Å²) in [5.41, 5.74) is 10.4. The Kier molecular flexibility index (Phi) is 4.15. The molecule has 0 amide bonds. The summed E-state index contributed by atoms with van der Waals surface area (Å²) in [4.78, 5) is 19.9. The van der Waals surface area contributed by atoms with Crippen molar-refractivity contribution in [3.05, 3.63) is 27.9 Å². The Balaban J connectivity index is 1.82. The first-order valence-electron chi connectivity index (χ1n) is 7.43. The number of amidine groups is 1. The van der Waals surface area contributed by atoms with E-state index in [0.717, 1.165) is 27.8 Å². The van der Waals surface area contributed by atoms with Crippen molar-refractivity contribution in [3.8, 4) is 0 Å². The maximum atomic E-state index is 12.0. The Labute approximate surface area is 133 Å². The van der Waals surface area contributed by atoms with Crippen molar-refractivity contribution >= 4 is 28.6 Å². The normalized spacial score (nSPS) is 19.4. The summed E-state index contributed by atoms with van der Waals surface area (Å²) in [6.45, 7) is 5.99. The van der Waals surface area contributed by atoms with Gasteiger partial charge >= 0.3 is 5.97 Å². The molecule has 0 aromatic carbocycles. The van der Waals surface area contributed by atoms with E-state index in [1.54, 1.807) is 11.8 Å². The number of carbonyl (C=O) groups excluding carboxylic acids is 1. The van der Waals surface area contributed by atoms with Gasteiger partial charge in [0.1, 0.15) is 0 Å². The van der Waals surface area contributed by atoms with Crippen LogP contribution >= 0.6 is 11.8 Å². The number of aliphatic imine (C=N–C) groups is 1. The van der Waals surface area contributed by atoms with Gasteiger partial charge in [0, 0.05) is 11.1 Å². The molecule has 2 aliphatic rings. The SMILES string of the molecule is CCOC(=O)c1c(C)[nH]c(C2=CSC(=NC3CC3)NN2)c1C. The van der Waals surface area contributed by atoms with Gasteiger partial charge in [0.15, 0.2) is 5.17 Å². The molecule has 1 aliphatic heterocycles. The Morgan fingerprint density at radius 1 is 1.41 bits per heavy atom. The molecule has 6 nitrogen and oxygen atoms in total. The van der Waals surface area contributed by atoms with Crippen LogP contribution in [0, 0.1) is 13.8 Å². The number of H-pyrrole nitrogens is 1. The Morgan fingerprint density at radius 2 is 2.18 bits per heavy atom. The van der Waals surface area contributed by atoms with Gasteiger partial charge in [-0.1, -0.05) is 11.8 Å². The van der Waals surface area contributed by atoms with Gasteiger partial charge in [0.05, 0.1) is 29.6 Å². The van der Waals surface area contributed by atoms with E-state index in [1.165, 1.54) is 12.8 Å². The number of hydrogen-bond donors (Lipinski definition) is 3. The minimum atomic E-state index is -0.284. The molecule has 1 aromatic rings.